The Bertz CT molecular complexity index is 1590. The number of pyridine rings is 1. The van der Waals surface area contributed by atoms with E-state index in [2.05, 4.69) is 108 Å². The van der Waals surface area contributed by atoms with Crippen LogP contribution in [0, 0.1) is 0 Å². The molecule has 9 aromatic rings. The Labute approximate surface area is 270 Å². The van der Waals surface area contributed by atoms with Crippen LogP contribution in [0.3, 0.4) is 0 Å². The second-order valence-corrected chi connectivity index (χ2v) is 8.49. The third-order valence-corrected chi connectivity index (χ3v) is 5.25. The summed E-state index contributed by atoms with van der Waals surface area (Å²) in [5, 5.41) is 57.7. The second kappa shape index (κ2) is 21.7. The van der Waals surface area contributed by atoms with E-state index in [0.717, 1.165) is 54.0 Å². The summed E-state index contributed by atoms with van der Waals surface area (Å²) < 4.78 is 5.01. The van der Waals surface area contributed by atoms with Gasteiger partial charge in [0.25, 0.3) is 0 Å². The summed E-state index contributed by atoms with van der Waals surface area (Å²) in [6.07, 6.45) is 14.5. The number of rotatable bonds is 0. The lowest BCUT2D eigenvalue weighted by molar-refractivity contribution is 0.109. The number of hydrogen-bond donors (Lipinski definition) is 7. The maximum atomic E-state index is 5.01. The van der Waals surface area contributed by atoms with Gasteiger partial charge in [0.05, 0.1) is 31.8 Å². The Morgan fingerprint density at radius 1 is 0.562 bits per heavy atom. The van der Waals surface area contributed by atoms with Crippen molar-refractivity contribution in [2.75, 3.05) is 26.3 Å². The van der Waals surface area contributed by atoms with Crippen molar-refractivity contribution < 1.29 is 4.74 Å². The minimum Gasteiger partial charge on any atom is -0.379 e. The molecule has 1 aromatic carbocycles. The van der Waals surface area contributed by atoms with Gasteiger partial charge in [0.1, 0.15) is 22.1 Å². The highest BCUT2D eigenvalue weighted by molar-refractivity contribution is 5.72. The molecule has 0 saturated carbocycles. The van der Waals surface area contributed by atoms with Gasteiger partial charge in [0, 0.05) is 44.1 Å². The lowest BCUT2D eigenvalue weighted by atomic mass is 10.3. The normalized spacial score (nSPS) is 11.2. The zero-order valence-electron chi connectivity index (χ0n) is 25.2. The minimum absolute atomic E-state index is 0.664. The third kappa shape index (κ3) is 13.4. The number of hydrogen-bond acceptors (Lipinski definition) is 16. The standard InChI is InChI=1S/C6H5N3.2C5H4N4.C4H9NO.C3H4N2.C2H3N3.CH2N4/c1-2-4-6-5(3-1)7-9-8-6;1-2-7-5-4(6-1)3-8-9-5;1-2-4-5(6-3-1)8-9-7-4;1-3-6-4-2-5-1;3*1-2-4-5-3-1/h1-4H,(H,7,8,9);1-3H,(H,7,8,9);1-3H,(H,6,7,8,9);5H,1-4H2;1-3H,(H,4,5);1-2H,(H,3,4,5);1H,(H,2,3,4,5). The van der Waals surface area contributed by atoms with E-state index in [0.29, 0.717) is 5.65 Å². The molecular formula is C26H31N21O. The van der Waals surface area contributed by atoms with E-state index in [-0.39, 0.29) is 0 Å². The molecule has 1 aliphatic heterocycles. The number of nitrogens with one attached hydrogen (secondary N) is 7. The average molecular weight is 654 g/mol. The van der Waals surface area contributed by atoms with Gasteiger partial charge in [0.15, 0.2) is 12.0 Å². The van der Waals surface area contributed by atoms with Crippen LogP contribution < -0.4 is 5.32 Å². The SMILES string of the molecule is C1COCCN1.c1ccc2n[nH]nc2c1.c1cn[nH]c1.c1cn[nH]n1.c1cnc2[nH]ncc2n1.c1cnc2n[nH]nc2c1.c1nn[nH]n1. The summed E-state index contributed by atoms with van der Waals surface area (Å²) in [5.74, 6) is 0. The van der Waals surface area contributed by atoms with Crippen LogP contribution in [0.2, 0.25) is 0 Å². The van der Waals surface area contributed by atoms with Gasteiger partial charge in [-0.15, -0.1) is 15.3 Å². The van der Waals surface area contributed by atoms with Gasteiger partial charge in [-0.1, -0.05) is 17.3 Å². The van der Waals surface area contributed by atoms with Crippen LogP contribution in [0.1, 0.15) is 0 Å². The van der Waals surface area contributed by atoms with E-state index in [4.69, 9.17) is 4.74 Å². The number of aromatic nitrogens is 20. The van der Waals surface area contributed by atoms with Gasteiger partial charge >= 0.3 is 0 Å². The van der Waals surface area contributed by atoms with Crippen molar-refractivity contribution >= 4 is 33.4 Å². The first kappa shape index (κ1) is 33.9. The largest absolute Gasteiger partial charge is 0.379 e. The molecule has 0 spiro atoms. The van der Waals surface area contributed by atoms with E-state index in [1.165, 1.54) is 6.33 Å². The van der Waals surface area contributed by atoms with Crippen molar-refractivity contribution in [3.05, 3.63) is 98.4 Å². The predicted octanol–water partition coefficient (Wildman–Crippen LogP) is 0.684. The van der Waals surface area contributed by atoms with Crippen molar-refractivity contribution in [3.8, 4) is 0 Å². The van der Waals surface area contributed by atoms with Crippen molar-refractivity contribution in [1.82, 2.24) is 108 Å². The van der Waals surface area contributed by atoms with Gasteiger partial charge in [-0.05, 0) is 30.3 Å². The Kier molecular flexibility index (Phi) is 15.4. The summed E-state index contributed by atoms with van der Waals surface area (Å²) in [7, 11) is 0. The molecule has 0 unspecified atom stereocenters. The molecule has 1 saturated heterocycles. The van der Waals surface area contributed by atoms with Crippen LogP contribution in [0.25, 0.3) is 33.4 Å². The van der Waals surface area contributed by atoms with Crippen LogP contribution in [0.4, 0.5) is 0 Å². The van der Waals surface area contributed by atoms with Crippen LogP contribution in [-0.4, -0.2) is 129 Å². The average Bonchev–Trinajstić information content (AvgIpc) is 4.03. The highest BCUT2D eigenvalue weighted by Gasteiger charge is 1.94. The number of benzene rings is 1. The summed E-state index contributed by atoms with van der Waals surface area (Å²) in [6, 6.07) is 13.2. The molecule has 7 N–H and O–H groups in total. The van der Waals surface area contributed by atoms with Crippen LogP contribution >= 0.6 is 0 Å². The van der Waals surface area contributed by atoms with Crippen LogP contribution in [0.15, 0.2) is 98.4 Å². The van der Waals surface area contributed by atoms with E-state index >= 15 is 0 Å². The molecule has 0 aliphatic carbocycles. The molecule has 22 nitrogen and oxygen atoms in total. The highest BCUT2D eigenvalue weighted by Crippen LogP contribution is 2.03. The Hall–Kier alpha value is -6.94. The molecular weight excluding hydrogens is 622 g/mol. The quantitative estimate of drug-likeness (QED) is 0.118. The fraction of sp³-hybridized carbons (Fsp3) is 0.154. The number of ether oxygens (including phenoxy) is 1. The topological polar surface area (TPSA) is 296 Å². The van der Waals surface area contributed by atoms with E-state index in [9.17, 15) is 0 Å². The Balaban J connectivity index is 0.000000129. The maximum Gasteiger partial charge on any atom is 0.201 e. The molecule has 0 amide bonds. The van der Waals surface area contributed by atoms with E-state index < -0.39 is 0 Å². The fourth-order valence-electron chi connectivity index (χ4n) is 3.18. The summed E-state index contributed by atoms with van der Waals surface area (Å²) in [5.41, 5.74) is 4.83. The fourth-order valence-corrected chi connectivity index (χ4v) is 3.18. The highest BCUT2D eigenvalue weighted by atomic mass is 16.5. The maximum absolute atomic E-state index is 5.01. The number of para-hydroxylation sites is 2. The molecule has 0 atom stereocenters. The van der Waals surface area contributed by atoms with Crippen molar-refractivity contribution in [2.24, 2.45) is 0 Å². The first-order chi connectivity index (χ1) is 23.9. The van der Waals surface area contributed by atoms with Gasteiger partial charge in [-0.25, -0.2) is 15.0 Å². The number of morpholine rings is 1. The molecule has 246 valence electrons. The van der Waals surface area contributed by atoms with Crippen molar-refractivity contribution in [3.63, 3.8) is 0 Å². The van der Waals surface area contributed by atoms with E-state index in [1.54, 1.807) is 49.6 Å². The lowest BCUT2D eigenvalue weighted by Crippen LogP contribution is -2.30. The van der Waals surface area contributed by atoms with Gasteiger partial charge < -0.3 is 10.1 Å². The van der Waals surface area contributed by atoms with Gasteiger partial charge in [0.2, 0.25) is 5.65 Å². The third-order valence-electron chi connectivity index (χ3n) is 5.25. The minimum atomic E-state index is 0.664. The van der Waals surface area contributed by atoms with Crippen molar-refractivity contribution in [1.29, 1.82) is 0 Å². The molecule has 9 heterocycles. The number of aromatic amines is 6. The summed E-state index contributed by atoms with van der Waals surface area (Å²) in [4.78, 5) is 11.9. The lowest BCUT2D eigenvalue weighted by Gasteiger charge is -2.10. The predicted molar refractivity (Wildman–Crippen MR) is 170 cm³/mol. The summed E-state index contributed by atoms with van der Waals surface area (Å²) >= 11 is 0. The van der Waals surface area contributed by atoms with Crippen LogP contribution in [-0.2, 0) is 4.74 Å². The zero-order chi connectivity index (χ0) is 33.2. The van der Waals surface area contributed by atoms with E-state index in [1.807, 2.05) is 42.5 Å². The monoisotopic (exact) mass is 653 g/mol. The second-order valence-electron chi connectivity index (χ2n) is 8.49. The van der Waals surface area contributed by atoms with Crippen LogP contribution in [0.5, 0.6) is 0 Å². The molecule has 0 bridgehead atoms. The van der Waals surface area contributed by atoms with Gasteiger partial charge in [-0.3, -0.25) is 10.2 Å². The number of H-pyrrole nitrogens is 6. The molecule has 1 fully saturated rings. The summed E-state index contributed by atoms with van der Waals surface area (Å²) in [6.45, 7) is 3.83. The first-order valence-corrected chi connectivity index (χ1v) is 14.1. The van der Waals surface area contributed by atoms with Crippen molar-refractivity contribution in [2.45, 2.75) is 0 Å². The first-order valence-electron chi connectivity index (χ1n) is 14.1. The molecule has 22 heteroatoms. The number of nitrogens with zero attached hydrogens (tertiary/aromatic N) is 14. The van der Waals surface area contributed by atoms with Gasteiger partial charge in [-0.2, -0.15) is 56.5 Å². The molecule has 8 aromatic heterocycles. The zero-order valence-corrected chi connectivity index (χ0v) is 25.2. The smallest absolute Gasteiger partial charge is 0.201 e. The Morgan fingerprint density at radius 2 is 1.31 bits per heavy atom. The molecule has 10 rings (SSSR count). The molecule has 48 heavy (non-hydrogen) atoms. The number of fused-ring (bicyclic) bond motifs is 3. The Morgan fingerprint density at radius 3 is 1.83 bits per heavy atom. The molecule has 1 aliphatic rings. The molecule has 0 radical (unpaired) electrons. The number of tetrazole rings is 1.